The zero-order valence-corrected chi connectivity index (χ0v) is 12.3. The molecule has 0 aliphatic rings. The smallest absolute Gasteiger partial charge is 0.162 e. The first kappa shape index (κ1) is 15.6. The summed E-state index contributed by atoms with van der Waals surface area (Å²) in [6.45, 7) is 4.11. The molecule has 3 N–H and O–H groups in total. The minimum absolute atomic E-state index is 0.150. The van der Waals surface area contributed by atoms with E-state index in [1.165, 1.54) is 17.2 Å². The van der Waals surface area contributed by atoms with Crippen LogP contribution in [0.2, 0.25) is 0 Å². The van der Waals surface area contributed by atoms with Crippen LogP contribution in [0, 0.1) is 25.5 Å². The first-order valence-corrected chi connectivity index (χ1v) is 6.96. The van der Waals surface area contributed by atoms with Gasteiger partial charge in [0.1, 0.15) is 0 Å². The normalized spacial score (nSPS) is 12.4. The van der Waals surface area contributed by atoms with Gasteiger partial charge in [-0.05, 0) is 55.0 Å². The van der Waals surface area contributed by atoms with Crippen LogP contribution in [0.1, 0.15) is 22.3 Å². The molecule has 0 amide bonds. The third kappa shape index (κ3) is 3.86. The zero-order valence-electron chi connectivity index (χ0n) is 12.3. The standard InChI is InChI=1S/C17H20F2N2/c1-11-6-7-13(8-12(11)2)9-15(21-20)10-14-4-3-5-16(18)17(14)19/h3-8,15,21H,9-10,20H2,1-2H3. The minimum Gasteiger partial charge on any atom is -0.271 e. The Kier molecular flexibility index (Phi) is 5.04. The average molecular weight is 290 g/mol. The third-order valence-corrected chi connectivity index (χ3v) is 3.79. The molecule has 21 heavy (non-hydrogen) atoms. The first-order valence-electron chi connectivity index (χ1n) is 6.96. The molecule has 0 heterocycles. The second-order valence-corrected chi connectivity index (χ2v) is 5.40. The molecule has 0 aliphatic carbocycles. The molecule has 4 heteroatoms. The van der Waals surface area contributed by atoms with Crippen LogP contribution < -0.4 is 11.3 Å². The van der Waals surface area contributed by atoms with Crippen LogP contribution in [0.25, 0.3) is 0 Å². The van der Waals surface area contributed by atoms with Gasteiger partial charge >= 0.3 is 0 Å². The van der Waals surface area contributed by atoms with E-state index in [9.17, 15) is 8.78 Å². The number of rotatable bonds is 5. The van der Waals surface area contributed by atoms with Gasteiger partial charge in [0.2, 0.25) is 0 Å². The minimum atomic E-state index is -0.825. The van der Waals surface area contributed by atoms with Crippen molar-refractivity contribution in [3.05, 3.63) is 70.3 Å². The highest BCUT2D eigenvalue weighted by Gasteiger charge is 2.14. The van der Waals surface area contributed by atoms with Crippen LogP contribution in [0.15, 0.2) is 36.4 Å². The van der Waals surface area contributed by atoms with E-state index < -0.39 is 11.6 Å². The molecule has 0 aromatic heterocycles. The van der Waals surface area contributed by atoms with Gasteiger partial charge in [-0.2, -0.15) is 0 Å². The highest BCUT2D eigenvalue weighted by atomic mass is 19.2. The van der Waals surface area contributed by atoms with Gasteiger partial charge in [-0.1, -0.05) is 30.3 Å². The SMILES string of the molecule is Cc1ccc(CC(Cc2cccc(F)c2F)NN)cc1C. The fourth-order valence-electron chi connectivity index (χ4n) is 2.38. The number of hydrogen-bond donors (Lipinski definition) is 2. The third-order valence-electron chi connectivity index (χ3n) is 3.79. The van der Waals surface area contributed by atoms with Crippen LogP contribution in [-0.2, 0) is 12.8 Å². The Labute approximate surface area is 124 Å². The van der Waals surface area contributed by atoms with E-state index in [2.05, 4.69) is 31.4 Å². The lowest BCUT2D eigenvalue weighted by molar-refractivity contribution is 0.474. The topological polar surface area (TPSA) is 38.0 Å². The predicted octanol–water partition coefficient (Wildman–Crippen LogP) is 3.20. The maximum Gasteiger partial charge on any atom is 0.162 e. The van der Waals surface area contributed by atoms with Crippen molar-refractivity contribution in [2.45, 2.75) is 32.7 Å². The fraction of sp³-hybridized carbons (Fsp3) is 0.294. The molecule has 0 fully saturated rings. The molecule has 2 aromatic carbocycles. The van der Waals surface area contributed by atoms with Gasteiger partial charge in [-0.25, -0.2) is 8.78 Å². The van der Waals surface area contributed by atoms with Crippen LogP contribution in [-0.4, -0.2) is 6.04 Å². The molecule has 0 spiro atoms. The van der Waals surface area contributed by atoms with Crippen molar-refractivity contribution in [3.63, 3.8) is 0 Å². The van der Waals surface area contributed by atoms with E-state index in [4.69, 9.17) is 5.84 Å². The molecular weight excluding hydrogens is 270 g/mol. The average Bonchev–Trinajstić information content (AvgIpc) is 2.47. The number of nitrogens with one attached hydrogen (secondary N) is 1. The number of aryl methyl sites for hydroxylation is 2. The Balaban J connectivity index is 2.13. The van der Waals surface area contributed by atoms with Crippen LogP contribution in [0.3, 0.4) is 0 Å². The Morgan fingerprint density at radius 2 is 1.81 bits per heavy atom. The van der Waals surface area contributed by atoms with Gasteiger partial charge in [0.15, 0.2) is 11.6 Å². The lowest BCUT2D eigenvalue weighted by Gasteiger charge is -2.17. The summed E-state index contributed by atoms with van der Waals surface area (Å²) in [7, 11) is 0. The summed E-state index contributed by atoms with van der Waals surface area (Å²) >= 11 is 0. The zero-order chi connectivity index (χ0) is 15.4. The van der Waals surface area contributed by atoms with Crippen LogP contribution >= 0.6 is 0 Å². The second-order valence-electron chi connectivity index (χ2n) is 5.40. The summed E-state index contributed by atoms with van der Waals surface area (Å²) in [5, 5.41) is 0. The van der Waals surface area contributed by atoms with E-state index in [0.29, 0.717) is 18.4 Å². The summed E-state index contributed by atoms with van der Waals surface area (Å²) in [6, 6.07) is 10.3. The highest BCUT2D eigenvalue weighted by molar-refractivity contribution is 5.30. The Hall–Kier alpha value is -1.78. The van der Waals surface area contributed by atoms with Crippen molar-refractivity contribution in [2.75, 3.05) is 0 Å². The van der Waals surface area contributed by atoms with E-state index in [-0.39, 0.29) is 6.04 Å². The monoisotopic (exact) mass is 290 g/mol. The highest BCUT2D eigenvalue weighted by Crippen LogP contribution is 2.16. The van der Waals surface area contributed by atoms with Crippen molar-refractivity contribution < 1.29 is 8.78 Å². The second kappa shape index (κ2) is 6.78. The molecule has 0 saturated carbocycles. The lowest BCUT2D eigenvalue weighted by Crippen LogP contribution is -2.38. The summed E-state index contributed by atoms with van der Waals surface area (Å²) in [4.78, 5) is 0. The number of hydrazine groups is 1. The number of halogens is 2. The summed E-state index contributed by atoms with van der Waals surface area (Å²) in [6.07, 6.45) is 1.00. The molecule has 1 unspecified atom stereocenters. The molecule has 0 radical (unpaired) electrons. The quantitative estimate of drug-likeness (QED) is 0.655. The van der Waals surface area contributed by atoms with Gasteiger partial charge in [0.05, 0.1) is 0 Å². The molecule has 2 rings (SSSR count). The van der Waals surface area contributed by atoms with Crippen molar-refractivity contribution in [1.82, 2.24) is 5.43 Å². The van der Waals surface area contributed by atoms with E-state index >= 15 is 0 Å². The van der Waals surface area contributed by atoms with E-state index in [0.717, 1.165) is 11.6 Å². The summed E-state index contributed by atoms with van der Waals surface area (Å²) in [5.41, 5.74) is 6.59. The van der Waals surface area contributed by atoms with E-state index in [1.807, 2.05) is 6.07 Å². The summed E-state index contributed by atoms with van der Waals surface area (Å²) in [5.74, 6) is 3.94. The van der Waals surface area contributed by atoms with Crippen molar-refractivity contribution >= 4 is 0 Å². The van der Waals surface area contributed by atoms with Gasteiger partial charge in [-0.3, -0.25) is 11.3 Å². The summed E-state index contributed by atoms with van der Waals surface area (Å²) < 4.78 is 26.9. The maximum atomic E-state index is 13.7. The Morgan fingerprint density at radius 1 is 1.05 bits per heavy atom. The molecule has 112 valence electrons. The fourth-order valence-corrected chi connectivity index (χ4v) is 2.38. The van der Waals surface area contributed by atoms with Gasteiger partial charge in [-0.15, -0.1) is 0 Å². The first-order chi connectivity index (χ1) is 10.0. The predicted molar refractivity (Wildman–Crippen MR) is 80.8 cm³/mol. The largest absolute Gasteiger partial charge is 0.271 e. The molecule has 0 bridgehead atoms. The van der Waals surface area contributed by atoms with Gasteiger partial charge in [0, 0.05) is 6.04 Å². The number of benzene rings is 2. The Bertz CT molecular complexity index is 626. The van der Waals surface area contributed by atoms with Gasteiger partial charge < -0.3 is 0 Å². The molecule has 2 aromatic rings. The molecular formula is C17H20F2N2. The van der Waals surface area contributed by atoms with Crippen molar-refractivity contribution in [2.24, 2.45) is 5.84 Å². The van der Waals surface area contributed by atoms with Crippen molar-refractivity contribution in [3.8, 4) is 0 Å². The lowest BCUT2D eigenvalue weighted by atomic mass is 9.97. The van der Waals surface area contributed by atoms with Crippen LogP contribution in [0.4, 0.5) is 8.78 Å². The number of hydrogen-bond acceptors (Lipinski definition) is 2. The molecule has 2 nitrogen and oxygen atoms in total. The van der Waals surface area contributed by atoms with Gasteiger partial charge in [0.25, 0.3) is 0 Å². The molecule has 1 atom stereocenters. The maximum absolute atomic E-state index is 13.7. The molecule has 0 saturated heterocycles. The molecule has 0 aliphatic heterocycles. The Morgan fingerprint density at radius 3 is 2.48 bits per heavy atom. The van der Waals surface area contributed by atoms with E-state index in [1.54, 1.807) is 6.07 Å². The number of nitrogens with two attached hydrogens (primary N) is 1. The van der Waals surface area contributed by atoms with Crippen molar-refractivity contribution in [1.29, 1.82) is 0 Å². The van der Waals surface area contributed by atoms with Crippen LogP contribution in [0.5, 0.6) is 0 Å².